The van der Waals surface area contributed by atoms with E-state index in [2.05, 4.69) is 4.99 Å². The number of allylic oxidation sites excluding steroid dienone is 1. The van der Waals surface area contributed by atoms with Gasteiger partial charge in [-0.3, -0.25) is 9.69 Å². The summed E-state index contributed by atoms with van der Waals surface area (Å²) in [6, 6.07) is 24.1. The average molecular weight is 529 g/mol. The zero-order valence-electron chi connectivity index (χ0n) is 21.3. The van der Waals surface area contributed by atoms with E-state index in [9.17, 15) is 9.59 Å². The second-order valence-electron chi connectivity index (χ2n) is 8.90. The number of amidine groups is 1. The van der Waals surface area contributed by atoms with Gasteiger partial charge in [-0.15, -0.1) is 0 Å². The Hall–Kier alpha value is -4.04. The van der Waals surface area contributed by atoms with Crippen molar-refractivity contribution in [3.05, 3.63) is 107 Å². The number of nitrogens with zero attached hydrogens (tertiary/aromatic N) is 2. The molecule has 2 aliphatic rings. The second-order valence-corrected chi connectivity index (χ2v) is 9.97. The minimum Gasteiger partial charge on any atom is -0.493 e. The molecule has 38 heavy (non-hydrogen) atoms. The van der Waals surface area contributed by atoms with Gasteiger partial charge in [-0.2, -0.15) is 0 Å². The predicted octanol–water partition coefficient (Wildman–Crippen LogP) is 5.67. The van der Waals surface area contributed by atoms with Gasteiger partial charge in [0, 0.05) is 12.2 Å². The molecule has 0 unspecified atom stereocenters. The van der Waals surface area contributed by atoms with Crippen molar-refractivity contribution in [2.45, 2.75) is 32.6 Å². The molecule has 0 radical (unpaired) electrons. The van der Waals surface area contributed by atoms with Gasteiger partial charge in [0.25, 0.3) is 0 Å². The number of rotatable bonds is 8. The zero-order chi connectivity index (χ0) is 26.5. The summed E-state index contributed by atoms with van der Waals surface area (Å²) in [5, 5.41) is 0.590. The third-order valence-corrected chi connectivity index (χ3v) is 7.33. The fraction of sp³-hybridized carbons (Fsp3) is 0.233. The van der Waals surface area contributed by atoms with E-state index < -0.39 is 12.0 Å². The average Bonchev–Trinajstić information content (AvgIpc) is 2.95. The molecule has 3 aromatic rings. The summed E-state index contributed by atoms with van der Waals surface area (Å²) >= 11 is 1.51. The van der Waals surface area contributed by atoms with Crippen LogP contribution in [0, 0.1) is 0 Å². The standard InChI is InChI=1S/C30H28N2O5S/c1-20-27(29(34)37-19-22-11-7-4-8-12-22)28(32-26(33)15-16-38-30(32)31-20)23-13-14-24(25(17-23)35-2)36-18-21-9-5-3-6-10-21/h3-14,17,28H,15-16,18-19H2,1-2H3/t28-/m0/s1. The molecule has 0 aromatic heterocycles. The number of carbonyl (C=O) groups excluding carboxylic acids is 2. The minimum atomic E-state index is -0.692. The molecule has 1 atom stereocenters. The number of carbonyl (C=O) groups is 2. The molecule has 1 amide bonds. The summed E-state index contributed by atoms with van der Waals surface area (Å²) in [4.78, 5) is 32.9. The highest BCUT2D eigenvalue weighted by molar-refractivity contribution is 8.14. The summed E-state index contributed by atoms with van der Waals surface area (Å²) < 4.78 is 17.4. The second kappa shape index (κ2) is 11.6. The Morgan fingerprint density at radius 3 is 2.34 bits per heavy atom. The van der Waals surface area contributed by atoms with Crippen LogP contribution in [0.25, 0.3) is 0 Å². The monoisotopic (exact) mass is 528 g/mol. The predicted molar refractivity (Wildman–Crippen MR) is 147 cm³/mol. The topological polar surface area (TPSA) is 77.4 Å². The van der Waals surface area contributed by atoms with E-state index in [1.54, 1.807) is 18.9 Å². The number of ether oxygens (including phenoxy) is 3. The van der Waals surface area contributed by atoms with Gasteiger partial charge < -0.3 is 14.2 Å². The van der Waals surface area contributed by atoms with Crippen molar-refractivity contribution in [1.82, 2.24) is 4.90 Å². The SMILES string of the molecule is COc1cc([C@H]2C(C(=O)OCc3ccccc3)=C(C)N=C3SCCC(=O)N32)ccc1OCc1ccccc1. The maximum Gasteiger partial charge on any atom is 0.338 e. The quantitative estimate of drug-likeness (QED) is 0.351. The Balaban J connectivity index is 1.47. The fourth-order valence-electron chi connectivity index (χ4n) is 4.48. The van der Waals surface area contributed by atoms with Crippen LogP contribution in [-0.4, -0.2) is 34.8 Å². The van der Waals surface area contributed by atoms with E-state index in [0.717, 1.165) is 11.1 Å². The van der Waals surface area contributed by atoms with E-state index in [4.69, 9.17) is 14.2 Å². The zero-order valence-corrected chi connectivity index (χ0v) is 22.1. The summed E-state index contributed by atoms with van der Waals surface area (Å²) in [5.74, 6) is 1.13. The Morgan fingerprint density at radius 2 is 1.66 bits per heavy atom. The number of amides is 1. The van der Waals surface area contributed by atoms with Gasteiger partial charge in [0.1, 0.15) is 13.2 Å². The third-order valence-electron chi connectivity index (χ3n) is 6.38. The lowest BCUT2D eigenvalue weighted by atomic mass is 9.93. The van der Waals surface area contributed by atoms with Gasteiger partial charge in [0.2, 0.25) is 5.91 Å². The fourth-order valence-corrected chi connectivity index (χ4v) is 5.49. The van der Waals surface area contributed by atoms with E-state index in [0.29, 0.717) is 52.3 Å². The van der Waals surface area contributed by atoms with Crippen LogP contribution in [0.2, 0.25) is 0 Å². The number of fused-ring (bicyclic) bond motifs is 1. The summed E-state index contributed by atoms with van der Waals surface area (Å²) in [7, 11) is 1.57. The summed E-state index contributed by atoms with van der Waals surface area (Å²) in [5.41, 5.74) is 3.49. The molecular weight excluding hydrogens is 500 g/mol. The summed E-state index contributed by atoms with van der Waals surface area (Å²) in [6.07, 6.45) is 0.362. The number of aliphatic imine (C=N–C) groups is 1. The molecule has 3 aromatic carbocycles. The number of benzene rings is 3. The summed E-state index contributed by atoms with van der Waals surface area (Å²) in [6.45, 7) is 2.29. The highest BCUT2D eigenvalue weighted by Gasteiger charge is 2.42. The Kier molecular flexibility index (Phi) is 7.79. The molecule has 0 saturated carbocycles. The van der Waals surface area contributed by atoms with Crippen LogP contribution in [0.3, 0.4) is 0 Å². The largest absolute Gasteiger partial charge is 0.493 e. The number of hydrogen-bond donors (Lipinski definition) is 0. The lowest BCUT2D eigenvalue weighted by Crippen LogP contribution is -2.45. The molecule has 194 valence electrons. The first-order chi connectivity index (χ1) is 18.5. The normalized spacial score (nSPS) is 17.0. The third kappa shape index (κ3) is 5.45. The van der Waals surface area contributed by atoms with Gasteiger partial charge in [0.05, 0.1) is 24.4 Å². The molecule has 0 spiro atoms. The van der Waals surface area contributed by atoms with E-state index in [1.165, 1.54) is 11.8 Å². The van der Waals surface area contributed by atoms with Gasteiger partial charge in [-0.25, -0.2) is 9.79 Å². The number of thioether (sulfide) groups is 1. The molecule has 1 saturated heterocycles. The van der Waals surface area contributed by atoms with Crippen LogP contribution in [0.4, 0.5) is 0 Å². The van der Waals surface area contributed by atoms with Gasteiger partial charge in [-0.05, 0) is 35.7 Å². The van der Waals surface area contributed by atoms with Gasteiger partial charge in [0.15, 0.2) is 16.7 Å². The Labute approximate surface area is 226 Å². The first kappa shape index (κ1) is 25.6. The maximum absolute atomic E-state index is 13.5. The van der Waals surface area contributed by atoms with Crippen molar-refractivity contribution >= 4 is 28.8 Å². The van der Waals surface area contributed by atoms with Crippen LogP contribution in [0.1, 0.15) is 36.1 Å². The molecule has 1 fully saturated rings. The molecule has 7 nitrogen and oxygen atoms in total. The van der Waals surface area contributed by atoms with Crippen molar-refractivity contribution < 1.29 is 23.8 Å². The van der Waals surface area contributed by atoms with Crippen LogP contribution >= 0.6 is 11.8 Å². The molecule has 0 bridgehead atoms. The van der Waals surface area contributed by atoms with Crippen molar-refractivity contribution in [2.75, 3.05) is 12.9 Å². The lowest BCUT2D eigenvalue weighted by molar-refractivity contribution is -0.141. The molecule has 8 heteroatoms. The molecular formula is C30H28N2O5S. The van der Waals surface area contributed by atoms with Crippen molar-refractivity contribution in [3.63, 3.8) is 0 Å². The van der Waals surface area contributed by atoms with E-state index >= 15 is 0 Å². The number of hydrogen-bond acceptors (Lipinski definition) is 7. The Morgan fingerprint density at radius 1 is 0.974 bits per heavy atom. The van der Waals surface area contributed by atoms with E-state index in [1.807, 2.05) is 78.9 Å². The first-order valence-electron chi connectivity index (χ1n) is 12.3. The van der Waals surface area contributed by atoms with Crippen molar-refractivity contribution in [2.24, 2.45) is 4.99 Å². The van der Waals surface area contributed by atoms with Gasteiger partial charge in [-0.1, -0.05) is 78.5 Å². The molecule has 2 heterocycles. The number of methoxy groups -OCH3 is 1. The molecule has 2 aliphatic heterocycles. The van der Waals surface area contributed by atoms with Crippen molar-refractivity contribution in [3.8, 4) is 11.5 Å². The van der Waals surface area contributed by atoms with Gasteiger partial charge >= 0.3 is 5.97 Å². The van der Waals surface area contributed by atoms with Crippen LogP contribution in [0.15, 0.2) is 95.1 Å². The van der Waals surface area contributed by atoms with Crippen LogP contribution < -0.4 is 9.47 Å². The Bertz CT molecular complexity index is 1390. The molecule has 0 N–H and O–H groups in total. The van der Waals surface area contributed by atoms with Crippen LogP contribution in [0.5, 0.6) is 11.5 Å². The molecule has 5 rings (SSSR count). The van der Waals surface area contributed by atoms with Crippen LogP contribution in [-0.2, 0) is 27.5 Å². The first-order valence-corrected chi connectivity index (χ1v) is 13.3. The van der Waals surface area contributed by atoms with E-state index in [-0.39, 0.29) is 12.5 Å². The smallest absolute Gasteiger partial charge is 0.338 e. The van der Waals surface area contributed by atoms with Crippen molar-refractivity contribution in [1.29, 1.82) is 0 Å². The lowest BCUT2D eigenvalue weighted by Gasteiger charge is -2.39. The highest BCUT2D eigenvalue weighted by atomic mass is 32.2. The minimum absolute atomic E-state index is 0.0864. The number of esters is 1. The maximum atomic E-state index is 13.5. The highest BCUT2D eigenvalue weighted by Crippen LogP contribution is 2.42. The molecule has 0 aliphatic carbocycles.